The Labute approximate surface area is 130 Å². The Morgan fingerprint density at radius 2 is 1.71 bits per heavy atom. The highest BCUT2D eigenvalue weighted by Crippen LogP contribution is 2.27. The molecular weight excluding hydrogens is 302 g/mol. The van der Waals surface area contributed by atoms with Crippen LogP contribution in [0, 0.1) is 6.92 Å². The lowest BCUT2D eigenvalue weighted by Gasteiger charge is -2.12. The van der Waals surface area contributed by atoms with Gasteiger partial charge in [-0.15, -0.1) is 11.8 Å². The zero-order valence-corrected chi connectivity index (χ0v) is 13.8. The molecule has 0 heterocycles. The second-order valence-corrected chi connectivity index (χ2v) is 7.80. The van der Waals surface area contributed by atoms with Crippen LogP contribution < -0.4 is 4.72 Å². The maximum absolute atomic E-state index is 12.3. The van der Waals surface area contributed by atoms with Crippen molar-refractivity contribution in [1.82, 2.24) is 0 Å². The fourth-order valence-electron chi connectivity index (χ4n) is 1.94. The molecule has 0 aliphatic carbocycles. The van der Waals surface area contributed by atoms with E-state index in [-0.39, 0.29) is 5.75 Å². The molecule has 0 aliphatic rings. The first-order valence-corrected chi connectivity index (χ1v) is 9.42. The maximum atomic E-state index is 12.3. The van der Waals surface area contributed by atoms with Crippen molar-refractivity contribution >= 4 is 27.5 Å². The van der Waals surface area contributed by atoms with Gasteiger partial charge in [0.1, 0.15) is 0 Å². The number of thioether (sulfide) groups is 1. The molecule has 0 atom stereocenters. The standard InChI is InChI=1S/C16H19NO2S2/c1-3-20-16-7-5-4-6-15(16)17-21(18,19)12-14-10-8-13(2)9-11-14/h4-11,17H,3,12H2,1-2H3. The average Bonchev–Trinajstić information content (AvgIpc) is 2.43. The highest BCUT2D eigenvalue weighted by molar-refractivity contribution is 7.99. The zero-order valence-electron chi connectivity index (χ0n) is 12.2. The van der Waals surface area contributed by atoms with Crippen LogP contribution in [0.2, 0.25) is 0 Å². The minimum atomic E-state index is -3.40. The number of sulfonamides is 1. The summed E-state index contributed by atoms with van der Waals surface area (Å²) in [6.45, 7) is 4.02. The maximum Gasteiger partial charge on any atom is 0.236 e. The number of rotatable bonds is 6. The molecule has 0 amide bonds. The molecule has 0 aliphatic heterocycles. The van der Waals surface area contributed by atoms with E-state index in [0.717, 1.165) is 21.8 Å². The van der Waals surface area contributed by atoms with Crippen molar-refractivity contribution in [2.75, 3.05) is 10.5 Å². The van der Waals surface area contributed by atoms with Crippen LogP contribution in [0.5, 0.6) is 0 Å². The summed E-state index contributed by atoms with van der Waals surface area (Å²) in [4.78, 5) is 0.951. The summed E-state index contributed by atoms with van der Waals surface area (Å²) in [6, 6.07) is 15.0. The second-order valence-electron chi connectivity index (χ2n) is 4.78. The summed E-state index contributed by atoms with van der Waals surface area (Å²) >= 11 is 1.62. The first-order chi connectivity index (χ1) is 10.00. The summed E-state index contributed by atoms with van der Waals surface area (Å²) in [7, 11) is -3.40. The molecule has 0 spiro atoms. The SMILES string of the molecule is CCSc1ccccc1NS(=O)(=O)Cc1ccc(C)cc1. The topological polar surface area (TPSA) is 46.2 Å². The summed E-state index contributed by atoms with van der Waals surface area (Å²) in [5.41, 5.74) is 2.55. The lowest BCUT2D eigenvalue weighted by Crippen LogP contribution is -2.15. The smallest absolute Gasteiger partial charge is 0.236 e. The Hall–Kier alpha value is -1.46. The van der Waals surface area contributed by atoms with Crippen LogP contribution in [0.1, 0.15) is 18.1 Å². The van der Waals surface area contributed by atoms with Crippen molar-refractivity contribution in [3.05, 3.63) is 59.7 Å². The first-order valence-electron chi connectivity index (χ1n) is 6.78. The molecule has 2 rings (SSSR count). The van der Waals surface area contributed by atoms with Gasteiger partial charge in [-0.05, 0) is 30.4 Å². The summed E-state index contributed by atoms with van der Waals surface area (Å²) in [5, 5.41) is 0. The van der Waals surface area contributed by atoms with Crippen LogP contribution >= 0.6 is 11.8 Å². The fourth-order valence-corrected chi connectivity index (χ4v) is 3.98. The third kappa shape index (κ3) is 4.79. The Morgan fingerprint density at radius 1 is 1.05 bits per heavy atom. The molecule has 0 fully saturated rings. The minimum absolute atomic E-state index is 0.0155. The van der Waals surface area contributed by atoms with E-state index in [2.05, 4.69) is 4.72 Å². The van der Waals surface area contributed by atoms with E-state index in [9.17, 15) is 8.42 Å². The van der Waals surface area contributed by atoms with Gasteiger partial charge >= 0.3 is 0 Å². The van der Waals surface area contributed by atoms with Crippen LogP contribution in [-0.4, -0.2) is 14.2 Å². The molecule has 1 N–H and O–H groups in total. The van der Waals surface area contributed by atoms with E-state index < -0.39 is 10.0 Å². The Balaban J connectivity index is 2.16. The average molecular weight is 321 g/mol. The van der Waals surface area contributed by atoms with Gasteiger partial charge in [0, 0.05) is 4.90 Å². The van der Waals surface area contributed by atoms with Crippen molar-refractivity contribution in [2.45, 2.75) is 24.5 Å². The van der Waals surface area contributed by atoms with E-state index in [0.29, 0.717) is 5.69 Å². The third-order valence-electron chi connectivity index (χ3n) is 2.93. The summed E-state index contributed by atoms with van der Waals surface area (Å²) in [6.07, 6.45) is 0. The molecule has 2 aromatic carbocycles. The number of hydrogen-bond acceptors (Lipinski definition) is 3. The Bertz CT molecular complexity index is 694. The van der Waals surface area contributed by atoms with Crippen molar-refractivity contribution in [3.8, 4) is 0 Å². The van der Waals surface area contributed by atoms with Gasteiger partial charge in [0.2, 0.25) is 10.0 Å². The normalized spacial score (nSPS) is 11.3. The van der Waals surface area contributed by atoms with Crippen molar-refractivity contribution in [3.63, 3.8) is 0 Å². The highest BCUT2D eigenvalue weighted by atomic mass is 32.2. The van der Waals surface area contributed by atoms with E-state index in [1.807, 2.05) is 56.3 Å². The molecule has 0 saturated carbocycles. The van der Waals surface area contributed by atoms with Gasteiger partial charge in [-0.1, -0.05) is 48.9 Å². The molecular formula is C16H19NO2S2. The fraction of sp³-hybridized carbons (Fsp3) is 0.250. The van der Waals surface area contributed by atoms with Gasteiger partial charge in [-0.25, -0.2) is 8.42 Å². The summed E-state index contributed by atoms with van der Waals surface area (Å²) < 4.78 is 27.3. The van der Waals surface area contributed by atoms with Crippen LogP contribution in [0.4, 0.5) is 5.69 Å². The van der Waals surface area contributed by atoms with Gasteiger partial charge in [-0.2, -0.15) is 0 Å². The molecule has 5 heteroatoms. The lowest BCUT2D eigenvalue weighted by atomic mass is 10.2. The molecule has 21 heavy (non-hydrogen) atoms. The molecule has 0 unspecified atom stereocenters. The number of hydrogen-bond donors (Lipinski definition) is 1. The number of benzene rings is 2. The predicted octanol–water partition coefficient (Wildman–Crippen LogP) is 4.05. The number of aryl methyl sites for hydroxylation is 1. The number of nitrogens with one attached hydrogen (secondary N) is 1. The lowest BCUT2D eigenvalue weighted by molar-refractivity contribution is 0.600. The number of para-hydroxylation sites is 1. The van der Waals surface area contributed by atoms with Crippen molar-refractivity contribution < 1.29 is 8.42 Å². The van der Waals surface area contributed by atoms with Crippen LogP contribution in [-0.2, 0) is 15.8 Å². The minimum Gasteiger partial charge on any atom is -0.282 e. The number of anilines is 1. The van der Waals surface area contributed by atoms with Crippen LogP contribution in [0.25, 0.3) is 0 Å². The molecule has 0 radical (unpaired) electrons. The monoisotopic (exact) mass is 321 g/mol. The predicted molar refractivity (Wildman–Crippen MR) is 90.3 cm³/mol. The van der Waals surface area contributed by atoms with Gasteiger partial charge in [-0.3, -0.25) is 4.72 Å². The van der Waals surface area contributed by atoms with E-state index in [4.69, 9.17) is 0 Å². The van der Waals surface area contributed by atoms with Gasteiger partial charge in [0.25, 0.3) is 0 Å². The molecule has 0 saturated heterocycles. The highest BCUT2D eigenvalue weighted by Gasteiger charge is 2.13. The second kappa shape index (κ2) is 7.00. The van der Waals surface area contributed by atoms with Crippen LogP contribution in [0.3, 0.4) is 0 Å². The first kappa shape index (κ1) is 15.9. The van der Waals surface area contributed by atoms with Gasteiger partial charge in [0.05, 0.1) is 11.4 Å². The quantitative estimate of drug-likeness (QED) is 0.817. The molecule has 2 aromatic rings. The molecule has 112 valence electrons. The largest absolute Gasteiger partial charge is 0.282 e. The zero-order chi connectivity index (χ0) is 15.3. The Kier molecular flexibility index (Phi) is 5.31. The van der Waals surface area contributed by atoms with Gasteiger partial charge < -0.3 is 0 Å². The molecule has 0 aromatic heterocycles. The van der Waals surface area contributed by atoms with Crippen molar-refractivity contribution in [1.29, 1.82) is 0 Å². The van der Waals surface area contributed by atoms with Crippen molar-refractivity contribution in [2.24, 2.45) is 0 Å². The van der Waals surface area contributed by atoms with Crippen LogP contribution in [0.15, 0.2) is 53.4 Å². The molecule has 3 nitrogen and oxygen atoms in total. The summed E-state index contributed by atoms with van der Waals surface area (Å²) in [5.74, 6) is 0.884. The molecule has 0 bridgehead atoms. The Morgan fingerprint density at radius 3 is 2.38 bits per heavy atom. The van der Waals surface area contributed by atoms with E-state index in [1.54, 1.807) is 17.8 Å². The van der Waals surface area contributed by atoms with E-state index >= 15 is 0 Å². The third-order valence-corrected chi connectivity index (χ3v) is 5.13. The van der Waals surface area contributed by atoms with E-state index in [1.165, 1.54) is 0 Å². The van der Waals surface area contributed by atoms with Gasteiger partial charge in [0.15, 0.2) is 0 Å².